The van der Waals surface area contributed by atoms with Crippen LogP contribution in [-0.4, -0.2) is 17.1 Å². The number of carbonyl (C=O) groups is 1. The van der Waals surface area contributed by atoms with Crippen LogP contribution in [0.3, 0.4) is 0 Å². The van der Waals surface area contributed by atoms with Crippen molar-refractivity contribution < 1.29 is 9.90 Å². The number of benzene rings is 1. The van der Waals surface area contributed by atoms with Crippen LogP contribution in [0.1, 0.15) is 18.9 Å². The fourth-order valence-corrected chi connectivity index (χ4v) is 1.96. The van der Waals surface area contributed by atoms with Gasteiger partial charge in [-0.05, 0) is 19.1 Å². The van der Waals surface area contributed by atoms with Gasteiger partial charge in [-0.15, -0.1) is 0 Å². The van der Waals surface area contributed by atoms with Crippen LogP contribution in [0.2, 0.25) is 0 Å². The van der Waals surface area contributed by atoms with Crippen molar-refractivity contribution in [2.45, 2.75) is 26.0 Å². The first kappa shape index (κ1) is 13.0. The molecule has 1 rings (SSSR count). The maximum absolute atomic E-state index is 10.7. The van der Waals surface area contributed by atoms with E-state index in [1.165, 1.54) is 0 Å². The lowest BCUT2D eigenvalue weighted by molar-refractivity contribution is -0.118. The van der Waals surface area contributed by atoms with Gasteiger partial charge in [0.1, 0.15) is 0 Å². The molecule has 0 heterocycles. The predicted octanol–water partition coefficient (Wildman–Crippen LogP) is 1.62. The first-order chi connectivity index (χ1) is 7.54. The molecule has 4 nitrogen and oxygen atoms in total. The quantitative estimate of drug-likeness (QED) is 0.770. The van der Waals surface area contributed by atoms with Crippen LogP contribution in [0.5, 0.6) is 0 Å². The van der Waals surface area contributed by atoms with Crippen molar-refractivity contribution in [1.29, 1.82) is 0 Å². The van der Waals surface area contributed by atoms with Gasteiger partial charge in [-0.1, -0.05) is 22.0 Å². The third-order valence-corrected chi connectivity index (χ3v) is 2.93. The Balaban J connectivity index is 2.80. The highest BCUT2D eigenvalue weighted by molar-refractivity contribution is 9.10. The normalized spacial score (nSPS) is 12.2. The van der Waals surface area contributed by atoms with Crippen molar-refractivity contribution in [2.24, 2.45) is 5.73 Å². The Morgan fingerprint density at radius 1 is 1.62 bits per heavy atom. The minimum absolute atomic E-state index is 0.0582. The molecule has 1 atom stereocenters. The molecule has 0 saturated heterocycles. The van der Waals surface area contributed by atoms with Crippen LogP contribution in [0.25, 0.3) is 0 Å². The Bertz CT molecular complexity index is 382. The van der Waals surface area contributed by atoms with E-state index in [1.54, 1.807) is 0 Å². The second-order valence-electron chi connectivity index (χ2n) is 3.64. The molecule has 1 amide bonds. The van der Waals surface area contributed by atoms with E-state index >= 15 is 0 Å². The highest BCUT2D eigenvalue weighted by atomic mass is 79.9. The summed E-state index contributed by atoms with van der Waals surface area (Å²) < 4.78 is 0.839. The summed E-state index contributed by atoms with van der Waals surface area (Å²) in [6, 6.07) is 5.52. The largest absolute Gasteiger partial charge is 0.392 e. The molecule has 0 saturated carbocycles. The zero-order chi connectivity index (χ0) is 12.1. The molecular formula is C11H15BrN2O2. The second kappa shape index (κ2) is 5.86. The van der Waals surface area contributed by atoms with E-state index in [0.717, 1.165) is 15.7 Å². The minimum Gasteiger partial charge on any atom is -0.392 e. The zero-order valence-corrected chi connectivity index (χ0v) is 10.6. The summed E-state index contributed by atoms with van der Waals surface area (Å²) in [5, 5.41) is 12.4. The third kappa shape index (κ3) is 3.50. The lowest BCUT2D eigenvalue weighted by atomic mass is 10.1. The van der Waals surface area contributed by atoms with Gasteiger partial charge >= 0.3 is 0 Å². The number of rotatable bonds is 5. The van der Waals surface area contributed by atoms with Crippen molar-refractivity contribution in [2.75, 3.05) is 5.32 Å². The number of aliphatic hydroxyl groups excluding tert-OH is 1. The molecule has 0 aliphatic rings. The standard InChI is InChI=1S/C11H15BrN2O2/c1-7(5-11(13)16)14-10-4-2-3-9(12)8(10)6-15/h2-4,7,14-15H,5-6H2,1H3,(H2,13,16). The van der Waals surface area contributed by atoms with Crippen molar-refractivity contribution in [3.8, 4) is 0 Å². The Morgan fingerprint density at radius 2 is 2.31 bits per heavy atom. The molecule has 1 unspecified atom stereocenters. The maximum atomic E-state index is 10.7. The van der Waals surface area contributed by atoms with Gasteiger partial charge in [0.2, 0.25) is 5.91 Å². The number of nitrogens with one attached hydrogen (secondary N) is 1. The van der Waals surface area contributed by atoms with Crippen LogP contribution in [-0.2, 0) is 11.4 Å². The van der Waals surface area contributed by atoms with Gasteiger partial charge in [0.25, 0.3) is 0 Å². The number of primary amides is 1. The van der Waals surface area contributed by atoms with Crippen LogP contribution < -0.4 is 11.1 Å². The van der Waals surface area contributed by atoms with Crippen molar-refractivity contribution in [1.82, 2.24) is 0 Å². The van der Waals surface area contributed by atoms with E-state index in [4.69, 9.17) is 5.73 Å². The molecule has 0 aliphatic heterocycles. The summed E-state index contributed by atoms with van der Waals surface area (Å²) in [5.41, 5.74) is 6.70. The number of amides is 1. The Kier molecular flexibility index (Phi) is 4.76. The summed E-state index contributed by atoms with van der Waals surface area (Å²) in [6.45, 7) is 1.81. The van der Waals surface area contributed by atoms with Crippen LogP contribution in [0.4, 0.5) is 5.69 Å². The second-order valence-corrected chi connectivity index (χ2v) is 4.49. The first-order valence-corrected chi connectivity index (χ1v) is 5.77. The number of anilines is 1. The molecule has 4 N–H and O–H groups in total. The monoisotopic (exact) mass is 286 g/mol. The molecule has 0 spiro atoms. The molecule has 0 aliphatic carbocycles. The minimum atomic E-state index is -0.347. The first-order valence-electron chi connectivity index (χ1n) is 4.97. The van der Waals surface area contributed by atoms with E-state index in [-0.39, 0.29) is 25.0 Å². The van der Waals surface area contributed by atoms with Gasteiger partial charge < -0.3 is 16.2 Å². The maximum Gasteiger partial charge on any atom is 0.219 e. The number of hydrogen-bond acceptors (Lipinski definition) is 3. The number of halogens is 1. The van der Waals surface area contributed by atoms with E-state index in [9.17, 15) is 9.90 Å². The third-order valence-electron chi connectivity index (χ3n) is 2.19. The Morgan fingerprint density at radius 3 is 2.88 bits per heavy atom. The molecule has 16 heavy (non-hydrogen) atoms. The summed E-state index contributed by atoms with van der Waals surface area (Å²) >= 11 is 3.36. The van der Waals surface area contributed by atoms with Gasteiger partial charge in [0.05, 0.1) is 6.61 Å². The highest BCUT2D eigenvalue weighted by Crippen LogP contribution is 2.25. The van der Waals surface area contributed by atoms with E-state index < -0.39 is 0 Å². The average Bonchev–Trinajstić information content (AvgIpc) is 2.16. The van der Waals surface area contributed by atoms with Crippen molar-refractivity contribution in [3.05, 3.63) is 28.2 Å². The van der Waals surface area contributed by atoms with Crippen LogP contribution >= 0.6 is 15.9 Å². The zero-order valence-electron chi connectivity index (χ0n) is 9.03. The SMILES string of the molecule is CC(CC(N)=O)Nc1cccc(Br)c1CO. The molecule has 0 bridgehead atoms. The predicted molar refractivity (Wildman–Crippen MR) is 67.0 cm³/mol. The number of nitrogens with two attached hydrogens (primary N) is 1. The molecule has 1 aromatic carbocycles. The van der Waals surface area contributed by atoms with Crippen molar-refractivity contribution in [3.63, 3.8) is 0 Å². The lowest BCUT2D eigenvalue weighted by Crippen LogP contribution is -2.24. The number of aliphatic hydroxyl groups is 1. The van der Waals surface area contributed by atoms with E-state index in [2.05, 4.69) is 21.2 Å². The van der Waals surface area contributed by atoms with E-state index in [0.29, 0.717) is 0 Å². The molecule has 5 heteroatoms. The number of carbonyl (C=O) groups excluding carboxylic acids is 1. The van der Waals surface area contributed by atoms with Crippen LogP contribution in [0, 0.1) is 0 Å². The van der Waals surface area contributed by atoms with Crippen LogP contribution in [0.15, 0.2) is 22.7 Å². The van der Waals surface area contributed by atoms with Gasteiger partial charge in [-0.3, -0.25) is 4.79 Å². The summed E-state index contributed by atoms with van der Waals surface area (Å²) in [5.74, 6) is -0.347. The fraction of sp³-hybridized carbons (Fsp3) is 0.364. The van der Waals surface area contributed by atoms with Gasteiger partial charge in [-0.2, -0.15) is 0 Å². The molecule has 1 aromatic rings. The Hall–Kier alpha value is -1.07. The van der Waals surface area contributed by atoms with Gasteiger partial charge in [0, 0.05) is 28.2 Å². The molecule has 0 radical (unpaired) electrons. The van der Waals surface area contributed by atoms with Crippen molar-refractivity contribution >= 4 is 27.5 Å². The highest BCUT2D eigenvalue weighted by Gasteiger charge is 2.10. The summed E-state index contributed by atoms with van der Waals surface area (Å²) in [6.07, 6.45) is 0.261. The Labute approximate surface area is 103 Å². The number of hydrogen-bond donors (Lipinski definition) is 3. The molecule has 88 valence electrons. The summed E-state index contributed by atoms with van der Waals surface area (Å²) in [4.78, 5) is 10.7. The van der Waals surface area contributed by atoms with Gasteiger partial charge in [-0.25, -0.2) is 0 Å². The topological polar surface area (TPSA) is 75.4 Å². The smallest absolute Gasteiger partial charge is 0.219 e. The fourth-order valence-electron chi connectivity index (χ4n) is 1.47. The summed E-state index contributed by atoms with van der Waals surface area (Å²) in [7, 11) is 0. The molecule has 0 fully saturated rings. The lowest BCUT2D eigenvalue weighted by Gasteiger charge is -2.17. The van der Waals surface area contributed by atoms with E-state index in [1.807, 2.05) is 25.1 Å². The van der Waals surface area contributed by atoms with Gasteiger partial charge in [0.15, 0.2) is 0 Å². The average molecular weight is 287 g/mol. The molecular weight excluding hydrogens is 272 g/mol. The molecule has 0 aromatic heterocycles.